The van der Waals surface area contributed by atoms with Crippen LogP contribution in [-0.4, -0.2) is 92.5 Å². The van der Waals surface area contributed by atoms with E-state index in [1.807, 2.05) is 4.90 Å². The Morgan fingerprint density at radius 3 is 2.51 bits per heavy atom. The molecule has 47 heavy (non-hydrogen) atoms. The van der Waals surface area contributed by atoms with Gasteiger partial charge in [-0.3, -0.25) is 14.5 Å². The van der Waals surface area contributed by atoms with Crippen molar-refractivity contribution in [2.75, 3.05) is 50.7 Å². The third-order valence-corrected chi connectivity index (χ3v) is 11.6. The van der Waals surface area contributed by atoms with Crippen LogP contribution in [0.15, 0.2) is 30.3 Å². The van der Waals surface area contributed by atoms with Crippen LogP contribution in [0.1, 0.15) is 69.4 Å². The predicted molar refractivity (Wildman–Crippen MR) is 175 cm³/mol. The molecular formula is C34H46FN3O8S. The van der Waals surface area contributed by atoms with E-state index in [0.29, 0.717) is 47.0 Å². The summed E-state index contributed by atoms with van der Waals surface area (Å²) >= 11 is 0. The monoisotopic (exact) mass is 675 g/mol. The van der Waals surface area contributed by atoms with Gasteiger partial charge >= 0.3 is 5.97 Å². The number of carbonyl (C=O) groups excluding carboxylic acids is 1. The second-order valence-corrected chi connectivity index (χ2v) is 14.8. The number of nitrogens with zero attached hydrogens (tertiary/aromatic N) is 3. The van der Waals surface area contributed by atoms with Gasteiger partial charge in [-0.2, -0.15) is 0 Å². The highest BCUT2D eigenvalue weighted by molar-refractivity contribution is 7.89. The van der Waals surface area contributed by atoms with Crippen LogP contribution in [0.25, 0.3) is 0 Å². The number of rotatable bonds is 14. The summed E-state index contributed by atoms with van der Waals surface area (Å²) in [6.07, 6.45) is 3.97. The van der Waals surface area contributed by atoms with Crippen LogP contribution >= 0.6 is 0 Å². The maximum absolute atomic E-state index is 14.4. The molecule has 0 spiro atoms. The van der Waals surface area contributed by atoms with Crippen molar-refractivity contribution in [2.45, 2.75) is 77.3 Å². The standard InChI is InChI=1S/C34H46FN3O8S/c1-5-8-24(9-6-2)38(25-10-11-27(35)22(3)16-25)31(39)20-36-19-26(23-17-29(44-4)33-30(18-23)45-21-46-33)32(34(40)41)28(36)12-14-37-13-7-15-47(37,42)43/h10-11,16-18,24,26,28,32H,5-9,12-15,19-21H2,1-4H3,(H,40,41)/t26-,28+,32-/m1/s1. The summed E-state index contributed by atoms with van der Waals surface area (Å²) in [5, 5.41) is 10.7. The number of amides is 1. The van der Waals surface area contributed by atoms with Gasteiger partial charge in [-0.25, -0.2) is 17.1 Å². The molecule has 0 saturated carbocycles. The van der Waals surface area contributed by atoms with Crippen molar-refractivity contribution in [3.8, 4) is 17.2 Å². The Kier molecular flexibility index (Phi) is 11.0. The van der Waals surface area contributed by atoms with Crippen LogP contribution in [0, 0.1) is 18.7 Å². The van der Waals surface area contributed by atoms with Gasteiger partial charge in [0.25, 0.3) is 0 Å². The highest BCUT2D eigenvalue weighted by Crippen LogP contribution is 2.47. The van der Waals surface area contributed by atoms with E-state index in [-0.39, 0.29) is 56.4 Å². The van der Waals surface area contributed by atoms with Crippen molar-refractivity contribution in [3.05, 3.63) is 47.3 Å². The molecule has 13 heteroatoms. The Balaban J connectivity index is 1.52. The fourth-order valence-electron chi connectivity index (χ4n) is 7.43. The molecule has 2 aromatic carbocycles. The number of aliphatic carboxylic acids is 1. The van der Waals surface area contributed by atoms with Crippen LogP contribution in [-0.2, 0) is 19.6 Å². The first-order valence-corrected chi connectivity index (χ1v) is 18.1. The molecule has 0 aliphatic carbocycles. The number of hydrogen-bond donors (Lipinski definition) is 1. The van der Waals surface area contributed by atoms with Crippen molar-refractivity contribution >= 4 is 27.6 Å². The smallest absolute Gasteiger partial charge is 0.308 e. The molecule has 3 aliphatic heterocycles. The molecule has 0 aromatic heterocycles. The van der Waals surface area contributed by atoms with Crippen LogP contribution in [0.4, 0.5) is 10.1 Å². The average Bonchev–Trinajstić information content (AvgIpc) is 3.74. The van der Waals surface area contributed by atoms with Crippen LogP contribution in [0.2, 0.25) is 0 Å². The first-order valence-electron chi connectivity index (χ1n) is 16.5. The van der Waals surface area contributed by atoms with E-state index in [4.69, 9.17) is 14.2 Å². The van der Waals surface area contributed by atoms with Gasteiger partial charge in [-0.1, -0.05) is 26.7 Å². The average molecular weight is 676 g/mol. The minimum Gasteiger partial charge on any atom is -0.493 e. The number of halogens is 1. The van der Waals surface area contributed by atoms with Gasteiger partial charge in [0.05, 0.1) is 25.3 Å². The van der Waals surface area contributed by atoms with Gasteiger partial charge in [0.1, 0.15) is 5.82 Å². The summed E-state index contributed by atoms with van der Waals surface area (Å²) in [5.74, 6) is -1.69. The highest BCUT2D eigenvalue weighted by atomic mass is 32.2. The van der Waals surface area contributed by atoms with Gasteiger partial charge < -0.3 is 24.2 Å². The normalized spacial score (nSPS) is 22.2. The summed E-state index contributed by atoms with van der Waals surface area (Å²) < 4.78 is 57.8. The first-order chi connectivity index (χ1) is 22.5. The van der Waals surface area contributed by atoms with E-state index in [0.717, 1.165) is 25.7 Å². The molecule has 1 amide bonds. The number of aryl methyl sites for hydroxylation is 1. The minimum absolute atomic E-state index is 0.0190. The summed E-state index contributed by atoms with van der Waals surface area (Å²) in [7, 11) is -1.90. The van der Waals surface area contributed by atoms with Crippen LogP contribution in [0.5, 0.6) is 17.2 Å². The van der Waals surface area contributed by atoms with Gasteiger partial charge in [0.15, 0.2) is 11.5 Å². The fraction of sp³-hybridized carbons (Fsp3) is 0.588. The number of carboxylic acids is 1. The number of carboxylic acid groups (broad SMARTS) is 1. The second kappa shape index (κ2) is 14.8. The zero-order valence-electron chi connectivity index (χ0n) is 27.6. The molecule has 2 fully saturated rings. The van der Waals surface area contributed by atoms with Gasteiger partial charge in [-0.05, 0) is 74.1 Å². The minimum atomic E-state index is -3.40. The third-order valence-electron chi connectivity index (χ3n) is 9.66. The number of sulfonamides is 1. The summed E-state index contributed by atoms with van der Waals surface area (Å²) in [6, 6.07) is 7.45. The number of benzene rings is 2. The number of likely N-dealkylation sites (tertiary alicyclic amines) is 1. The largest absolute Gasteiger partial charge is 0.493 e. The molecule has 258 valence electrons. The Hall–Kier alpha value is -3.42. The zero-order chi connectivity index (χ0) is 33.9. The van der Waals surface area contributed by atoms with Crippen molar-refractivity contribution in [1.82, 2.24) is 9.21 Å². The number of carbonyl (C=O) groups is 2. The van der Waals surface area contributed by atoms with E-state index >= 15 is 0 Å². The Morgan fingerprint density at radius 2 is 1.89 bits per heavy atom. The van der Waals surface area contributed by atoms with E-state index in [1.54, 1.807) is 36.1 Å². The Labute approximate surface area is 276 Å². The second-order valence-electron chi connectivity index (χ2n) is 12.7. The fourth-order valence-corrected chi connectivity index (χ4v) is 8.97. The number of hydrogen-bond acceptors (Lipinski definition) is 8. The third kappa shape index (κ3) is 7.36. The van der Waals surface area contributed by atoms with Crippen molar-refractivity contribution in [1.29, 1.82) is 0 Å². The maximum atomic E-state index is 14.4. The highest BCUT2D eigenvalue weighted by Gasteiger charge is 2.48. The summed E-state index contributed by atoms with van der Waals surface area (Å²) in [4.78, 5) is 31.2. The summed E-state index contributed by atoms with van der Waals surface area (Å²) in [5.41, 5.74) is 1.71. The lowest BCUT2D eigenvalue weighted by Crippen LogP contribution is -2.48. The predicted octanol–water partition coefficient (Wildman–Crippen LogP) is 4.77. The quantitative estimate of drug-likeness (QED) is 0.302. The molecule has 3 heterocycles. The topological polar surface area (TPSA) is 126 Å². The SMILES string of the molecule is CCCC(CCC)N(C(=O)CN1C[C@H](c2cc(OC)c3c(c2)OCO3)[C@@H](C(=O)O)[C@@H]1CCN1CCCS1(=O)=O)c1ccc(F)c(C)c1. The van der Waals surface area contributed by atoms with E-state index < -0.39 is 33.9 Å². The van der Waals surface area contributed by atoms with Gasteiger partial charge in [0, 0.05) is 43.3 Å². The molecule has 0 unspecified atom stereocenters. The molecule has 2 saturated heterocycles. The van der Waals surface area contributed by atoms with E-state index in [1.165, 1.54) is 17.5 Å². The van der Waals surface area contributed by atoms with Crippen molar-refractivity contribution in [2.24, 2.45) is 5.92 Å². The number of anilines is 1. The van der Waals surface area contributed by atoms with E-state index in [2.05, 4.69) is 13.8 Å². The summed E-state index contributed by atoms with van der Waals surface area (Å²) in [6.45, 7) is 6.52. The number of ether oxygens (including phenoxy) is 3. The van der Waals surface area contributed by atoms with Crippen molar-refractivity contribution < 1.29 is 41.7 Å². The van der Waals surface area contributed by atoms with Gasteiger partial charge in [-0.15, -0.1) is 0 Å². The molecule has 3 atom stereocenters. The number of methoxy groups -OCH3 is 1. The number of fused-ring (bicyclic) bond motifs is 1. The first kappa shape index (κ1) is 34.9. The van der Waals surface area contributed by atoms with E-state index in [9.17, 15) is 27.5 Å². The molecule has 11 nitrogen and oxygen atoms in total. The molecule has 5 rings (SSSR count). The molecule has 0 radical (unpaired) electrons. The molecule has 0 bridgehead atoms. The molecule has 3 aliphatic rings. The van der Waals surface area contributed by atoms with Crippen LogP contribution in [0.3, 0.4) is 0 Å². The molecular weight excluding hydrogens is 629 g/mol. The lowest BCUT2D eigenvalue weighted by molar-refractivity contribution is -0.143. The lowest BCUT2D eigenvalue weighted by atomic mass is 9.84. The lowest BCUT2D eigenvalue weighted by Gasteiger charge is -2.35. The molecule has 1 N–H and O–H groups in total. The molecule has 2 aromatic rings. The maximum Gasteiger partial charge on any atom is 0.308 e. The van der Waals surface area contributed by atoms with Crippen molar-refractivity contribution in [3.63, 3.8) is 0 Å². The van der Waals surface area contributed by atoms with Crippen LogP contribution < -0.4 is 19.1 Å². The Morgan fingerprint density at radius 1 is 1.15 bits per heavy atom. The zero-order valence-corrected chi connectivity index (χ0v) is 28.4. The van der Waals surface area contributed by atoms with Gasteiger partial charge in [0.2, 0.25) is 28.5 Å². The Bertz CT molecular complexity index is 1560.